The minimum absolute atomic E-state index is 0.208. The number of aryl methyl sites for hydroxylation is 1. The molecule has 0 amide bonds. The van der Waals surface area contributed by atoms with Gasteiger partial charge in [0.05, 0.1) is 23.7 Å². The number of methoxy groups -OCH3 is 1. The van der Waals surface area contributed by atoms with Gasteiger partial charge in [-0.1, -0.05) is 12.8 Å². The Bertz CT molecular complexity index is 784. The van der Waals surface area contributed by atoms with Gasteiger partial charge < -0.3 is 4.74 Å². The largest absolute Gasteiger partial charge is 0.497 e. The fourth-order valence-electron chi connectivity index (χ4n) is 3.16. The molecule has 1 atom stereocenters. The SMILES string of the molecule is COc1ccc(S(=O)(=O)N2CCCCC[C@H]2c2ccn(C)n2)cc1. The lowest BCUT2D eigenvalue weighted by molar-refractivity contribution is 0.321. The van der Waals surface area contributed by atoms with Gasteiger partial charge in [-0.2, -0.15) is 9.40 Å². The summed E-state index contributed by atoms with van der Waals surface area (Å²) < 4.78 is 34.8. The van der Waals surface area contributed by atoms with Crippen LogP contribution in [0.2, 0.25) is 0 Å². The second kappa shape index (κ2) is 6.94. The second-order valence-electron chi connectivity index (χ2n) is 6.07. The van der Waals surface area contributed by atoms with Crippen LogP contribution in [-0.4, -0.2) is 36.2 Å². The van der Waals surface area contributed by atoms with E-state index in [4.69, 9.17) is 4.74 Å². The van der Waals surface area contributed by atoms with E-state index in [-0.39, 0.29) is 6.04 Å². The minimum atomic E-state index is -3.57. The van der Waals surface area contributed by atoms with Crippen molar-refractivity contribution in [3.63, 3.8) is 0 Å². The van der Waals surface area contributed by atoms with Crippen molar-refractivity contribution in [2.75, 3.05) is 13.7 Å². The van der Waals surface area contributed by atoms with Gasteiger partial charge in [-0.05, 0) is 43.2 Å². The van der Waals surface area contributed by atoms with E-state index in [1.807, 2.05) is 19.3 Å². The normalized spacial score (nSPS) is 19.8. The number of hydrogen-bond donors (Lipinski definition) is 0. The highest BCUT2D eigenvalue weighted by atomic mass is 32.2. The Hall–Kier alpha value is -1.86. The summed E-state index contributed by atoms with van der Waals surface area (Å²) in [6, 6.07) is 8.28. The van der Waals surface area contributed by atoms with E-state index >= 15 is 0 Å². The average molecular weight is 349 g/mol. The number of aromatic nitrogens is 2. The summed E-state index contributed by atoms with van der Waals surface area (Å²) >= 11 is 0. The zero-order valence-electron chi connectivity index (χ0n) is 14.1. The van der Waals surface area contributed by atoms with E-state index in [1.54, 1.807) is 40.4 Å². The molecule has 3 rings (SSSR count). The third-order valence-electron chi connectivity index (χ3n) is 4.45. The van der Waals surface area contributed by atoms with Crippen LogP contribution in [-0.2, 0) is 17.1 Å². The molecule has 1 aliphatic heterocycles. The topological polar surface area (TPSA) is 64.4 Å². The zero-order valence-corrected chi connectivity index (χ0v) is 14.9. The molecule has 24 heavy (non-hydrogen) atoms. The fourth-order valence-corrected chi connectivity index (χ4v) is 4.83. The van der Waals surface area contributed by atoms with Gasteiger partial charge in [-0.15, -0.1) is 0 Å². The van der Waals surface area contributed by atoms with Gasteiger partial charge in [0.1, 0.15) is 5.75 Å². The first-order chi connectivity index (χ1) is 11.5. The molecule has 1 saturated heterocycles. The molecule has 6 nitrogen and oxygen atoms in total. The third-order valence-corrected chi connectivity index (χ3v) is 6.37. The lowest BCUT2D eigenvalue weighted by Gasteiger charge is -2.28. The molecule has 2 aromatic rings. The van der Waals surface area contributed by atoms with Gasteiger partial charge in [0.2, 0.25) is 10.0 Å². The van der Waals surface area contributed by atoms with E-state index in [9.17, 15) is 8.42 Å². The summed E-state index contributed by atoms with van der Waals surface area (Å²) in [6.07, 6.45) is 5.58. The summed E-state index contributed by atoms with van der Waals surface area (Å²) in [6.45, 7) is 0.523. The molecule has 0 saturated carbocycles. The molecular formula is C17H23N3O3S. The summed E-state index contributed by atoms with van der Waals surface area (Å²) in [5, 5.41) is 4.45. The highest BCUT2D eigenvalue weighted by Gasteiger charge is 2.34. The molecule has 1 aromatic carbocycles. The maximum absolute atomic E-state index is 13.2. The Morgan fingerprint density at radius 3 is 2.50 bits per heavy atom. The van der Waals surface area contributed by atoms with Crippen molar-refractivity contribution in [2.45, 2.75) is 36.6 Å². The zero-order chi connectivity index (χ0) is 17.2. The maximum atomic E-state index is 13.2. The molecule has 130 valence electrons. The van der Waals surface area contributed by atoms with Gasteiger partial charge in [0.15, 0.2) is 0 Å². The standard InChI is InChI=1S/C17H23N3O3S/c1-19-13-11-16(18-19)17-6-4-3-5-12-20(17)24(21,22)15-9-7-14(23-2)8-10-15/h7-11,13,17H,3-6,12H2,1-2H3/t17-/m0/s1. The Kier molecular flexibility index (Phi) is 4.91. The molecule has 0 unspecified atom stereocenters. The van der Waals surface area contributed by atoms with Gasteiger partial charge in [0, 0.05) is 19.8 Å². The summed E-state index contributed by atoms with van der Waals surface area (Å²) in [4.78, 5) is 0.297. The van der Waals surface area contributed by atoms with Crippen LogP contribution in [0.15, 0.2) is 41.4 Å². The second-order valence-corrected chi connectivity index (χ2v) is 7.96. The number of ether oxygens (including phenoxy) is 1. The van der Waals surface area contributed by atoms with Crippen molar-refractivity contribution in [3.05, 3.63) is 42.2 Å². The molecule has 1 fully saturated rings. The Labute approximate surface area is 143 Å². The van der Waals surface area contributed by atoms with Crippen molar-refractivity contribution in [1.29, 1.82) is 0 Å². The lowest BCUT2D eigenvalue weighted by atomic mass is 10.1. The Balaban J connectivity index is 1.97. The molecule has 2 heterocycles. The molecule has 7 heteroatoms. The van der Waals surface area contributed by atoms with Gasteiger partial charge in [-0.3, -0.25) is 4.68 Å². The van der Waals surface area contributed by atoms with Gasteiger partial charge >= 0.3 is 0 Å². The van der Waals surface area contributed by atoms with Crippen LogP contribution < -0.4 is 4.74 Å². The fraction of sp³-hybridized carbons (Fsp3) is 0.471. The van der Waals surface area contributed by atoms with Crippen LogP contribution >= 0.6 is 0 Å². The average Bonchev–Trinajstić information content (AvgIpc) is 2.86. The Morgan fingerprint density at radius 2 is 1.88 bits per heavy atom. The number of sulfonamides is 1. The highest BCUT2D eigenvalue weighted by Crippen LogP contribution is 2.34. The monoisotopic (exact) mass is 349 g/mol. The Morgan fingerprint density at radius 1 is 1.12 bits per heavy atom. The van der Waals surface area contributed by atoms with Crippen LogP contribution in [0.1, 0.15) is 37.4 Å². The first-order valence-corrected chi connectivity index (χ1v) is 9.62. The molecule has 0 aliphatic carbocycles. The molecule has 0 bridgehead atoms. The summed E-state index contributed by atoms with van der Waals surface area (Å²) in [7, 11) is -0.155. The predicted octanol–water partition coefficient (Wildman–Crippen LogP) is 2.73. The molecule has 0 radical (unpaired) electrons. The lowest BCUT2D eigenvalue weighted by Crippen LogP contribution is -2.35. The van der Waals surface area contributed by atoms with Crippen LogP contribution in [0.25, 0.3) is 0 Å². The first kappa shape index (κ1) is 17.0. The predicted molar refractivity (Wildman–Crippen MR) is 91.3 cm³/mol. The van der Waals surface area contributed by atoms with E-state index in [2.05, 4.69) is 5.10 Å². The quantitative estimate of drug-likeness (QED) is 0.851. The van der Waals surface area contributed by atoms with Crippen LogP contribution in [0.3, 0.4) is 0 Å². The summed E-state index contributed by atoms with van der Waals surface area (Å²) in [5.74, 6) is 0.645. The molecule has 1 aromatic heterocycles. The van der Waals surface area contributed by atoms with E-state index in [0.717, 1.165) is 31.4 Å². The van der Waals surface area contributed by atoms with Crippen LogP contribution in [0.5, 0.6) is 5.75 Å². The first-order valence-electron chi connectivity index (χ1n) is 8.18. The van der Waals surface area contributed by atoms with Crippen LogP contribution in [0, 0.1) is 0 Å². The minimum Gasteiger partial charge on any atom is -0.497 e. The van der Waals surface area contributed by atoms with Crippen molar-refractivity contribution in [3.8, 4) is 5.75 Å². The van der Waals surface area contributed by atoms with Gasteiger partial charge in [0.25, 0.3) is 0 Å². The van der Waals surface area contributed by atoms with Crippen molar-refractivity contribution in [2.24, 2.45) is 7.05 Å². The number of benzene rings is 1. The smallest absolute Gasteiger partial charge is 0.243 e. The van der Waals surface area contributed by atoms with E-state index < -0.39 is 10.0 Å². The number of nitrogens with zero attached hydrogens (tertiary/aromatic N) is 3. The molecule has 0 spiro atoms. The summed E-state index contributed by atoms with van der Waals surface area (Å²) in [5.41, 5.74) is 0.816. The molecule has 1 aliphatic rings. The van der Waals surface area contributed by atoms with Crippen molar-refractivity contribution >= 4 is 10.0 Å². The van der Waals surface area contributed by atoms with E-state index in [1.165, 1.54) is 0 Å². The maximum Gasteiger partial charge on any atom is 0.243 e. The van der Waals surface area contributed by atoms with Crippen molar-refractivity contribution < 1.29 is 13.2 Å². The van der Waals surface area contributed by atoms with Gasteiger partial charge in [-0.25, -0.2) is 8.42 Å². The van der Waals surface area contributed by atoms with Crippen molar-refractivity contribution in [1.82, 2.24) is 14.1 Å². The third kappa shape index (κ3) is 3.32. The number of hydrogen-bond acceptors (Lipinski definition) is 4. The molecular weight excluding hydrogens is 326 g/mol. The molecule has 0 N–H and O–H groups in total. The number of rotatable bonds is 4. The van der Waals surface area contributed by atoms with E-state index in [0.29, 0.717) is 17.2 Å². The van der Waals surface area contributed by atoms with Crippen LogP contribution in [0.4, 0.5) is 0 Å². The highest BCUT2D eigenvalue weighted by molar-refractivity contribution is 7.89.